The molecule has 2 amide bonds. The number of fused-ring (bicyclic) bond motifs is 4. The van der Waals surface area contributed by atoms with Crippen molar-refractivity contribution in [2.75, 3.05) is 6.54 Å². The topological polar surface area (TPSA) is 84.7 Å². The van der Waals surface area contributed by atoms with Crippen molar-refractivity contribution < 1.29 is 14.5 Å². The van der Waals surface area contributed by atoms with Crippen molar-refractivity contribution in [2.45, 2.75) is 25.1 Å². The third-order valence-electron chi connectivity index (χ3n) is 3.92. The molecule has 1 saturated heterocycles. The van der Waals surface area contributed by atoms with Crippen molar-refractivity contribution in [1.29, 1.82) is 0 Å². The summed E-state index contributed by atoms with van der Waals surface area (Å²) in [5.41, 5.74) is -0.137. The quantitative estimate of drug-likeness (QED) is 0.526. The van der Waals surface area contributed by atoms with Crippen molar-refractivity contribution in [1.82, 2.24) is 10.2 Å². The summed E-state index contributed by atoms with van der Waals surface area (Å²) in [6.45, 7) is 5.86. The van der Waals surface area contributed by atoms with Crippen LogP contribution in [0.5, 0.6) is 5.75 Å². The number of ether oxygens (including phenoxy) is 1. The molecule has 1 N–H and O–H groups in total. The molecule has 0 saturated carbocycles. The first-order chi connectivity index (χ1) is 9.94. The zero-order valence-electron chi connectivity index (χ0n) is 11.5. The van der Waals surface area contributed by atoms with Gasteiger partial charge in [0.05, 0.1) is 11.0 Å². The minimum absolute atomic E-state index is 0.0104. The maximum atomic E-state index is 12.2. The van der Waals surface area contributed by atoms with Crippen molar-refractivity contribution in [2.24, 2.45) is 0 Å². The third-order valence-corrected chi connectivity index (χ3v) is 3.92. The van der Waals surface area contributed by atoms with E-state index in [1.165, 1.54) is 12.1 Å². The number of nitrogens with one attached hydrogen (secondary N) is 1. The van der Waals surface area contributed by atoms with E-state index < -0.39 is 10.6 Å². The number of non-ortho nitro benzene ring substituents is 1. The fourth-order valence-electron chi connectivity index (χ4n) is 2.92. The molecule has 1 aromatic rings. The number of urea groups is 1. The number of amides is 2. The number of nitrogens with zero attached hydrogens (tertiary/aromatic N) is 2. The molecule has 2 aliphatic heterocycles. The fourth-order valence-corrected chi connectivity index (χ4v) is 2.92. The number of carbonyl (C=O) groups is 1. The van der Waals surface area contributed by atoms with Gasteiger partial charge in [-0.25, -0.2) is 4.79 Å². The molecule has 0 spiro atoms. The maximum absolute atomic E-state index is 12.2. The number of nitro benzene ring substituents is 1. The van der Waals surface area contributed by atoms with Crippen LogP contribution in [-0.2, 0) is 0 Å². The molecule has 21 heavy (non-hydrogen) atoms. The second-order valence-electron chi connectivity index (χ2n) is 5.36. The summed E-state index contributed by atoms with van der Waals surface area (Å²) in [6.07, 6.45) is 2.17. The van der Waals surface area contributed by atoms with Gasteiger partial charge in [-0.2, -0.15) is 0 Å². The van der Waals surface area contributed by atoms with E-state index in [0.717, 1.165) is 0 Å². The minimum atomic E-state index is -0.773. The molecule has 2 bridgehead atoms. The molecule has 110 valence electrons. The summed E-state index contributed by atoms with van der Waals surface area (Å²) < 4.78 is 5.96. The average molecular weight is 289 g/mol. The Bertz CT molecular complexity index is 645. The lowest BCUT2D eigenvalue weighted by Gasteiger charge is -2.50. The predicted octanol–water partition coefficient (Wildman–Crippen LogP) is 2.35. The number of benzene rings is 1. The molecule has 1 aromatic carbocycles. The summed E-state index contributed by atoms with van der Waals surface area (Å²) in [7, 11) is 0. The van der Waals surface area contributed by atoms with Crippen LogP contribution in [0.1, 0.15) is 24.9 Å². The summed E-state index contributed by atoms with van der Waals surface area (Å²) in [5, 5.41) is 13.7. The van der Waals surface area contributed by atoms with Gasteiger partial charge in [-0.1, -0.05) is 6.08 Å². The van der Waals surface area contributed by atoms with Crippen LogP contribution in [0.15, 0.2) is 30.9 Å². The molecular formula is C14H15N3O4. The molecule has 2 unspecified atom stereocenters. The molecule has 2 heterocycles. The lowest BCUT2D eigenvalue weighted by molar-refractivity contribution is -0.385. The Morgan fingerprint density at radius 2 is 2.43 bits per heavy atom. The van der Waals surface area contributed by atoms with Gasteiger partial charge < -0.3 is 10.1 Å². The van der Waals surface area contributed by atoms with Gasteiger partial charge in [-0.15, -0.1) is 6.58 Å². The van der Waals surface area contributed by atoms with Gasteiger partial charge in [0.2, 0.25) is 0 Å². The first kappa shape index (κ1) is 13.4. The van der Waals surface area contributed by atoms with E-state index in [1.54, 1.807) is 17.0 Å². The molecule has 7 nitrogen and oxygen atoms in total. The number of hydrogen-bond acceptors (Lipinski definition) is 4. The highest BCUT2D eigenvalue weighted by atomic mass is 16.6. The van der Waals surface area contributed by atoms with Crippen LogP contribution in [0, 0.1) is 10.1 Å². The number of carbonyl (C=O) groups excluding carboxylic acids is 1. The smallest absolute Gasteiger partial charge is 0.321 e. The van der Waals surface area contributed by atoms with Crippen LogP contribution in [-0.4, -0.2) is 28.1 Å². The van der Waals surface area contributed by atoms with Gasteiger partial charge in [0.15, 0.2) is 5.72 Å². The van der Waals surface area contributed by atoms with Crippen molar-refractivity contribution >= 4 is 11.7 Å². The first-order valence-corrected chi connectivity index (χ1v) is 6.61. The molecular weight excluding hydrogens is 274 g/mol. The summed E-state index contributed by atoms with van der Waals surface area (Å²) in [5.74, 6) is 0.563. The summed E-state index contributed by atoms with van der Waals surface area (Å²) >= 11 is 0. The normalized spacial score (nSPS) is 26.4. The van der Waals surface area contributed by atoms with Crippen molar-refractivity contribution in [3.63, 3.8) is 0 Å². The highest BCUT2D eigenvalue weighted by molar-refractivity contribution is 5.77. The monoisotopic (exact) mass is 289 g/mol. The molecule has 0 aromatic heterocycles. The SMILES string of the molecule is C=CCN1C(=O)NC2CC1(C)Oc1ccc([N+](=O)[O-])cc12. The zero-order valence-corrected chi connectivity index (χ0v) is 11.5. The predicted molar refractivity (Wildman–Crippen MR) is 74.9 cm³/mol. The molecule has 0 radical (unpaired) electrons. The zero-order chi connectivity index (χ0) is 15.2. The van der Waals surface area contributed by atoms with Gasteiger partial charge in [0, 0.05) is 30.7 Å². The van der Waals surface area contributed by atoms with Crippen LogP contribution >= 0.6 is 0 Å². The Morgan fingerprint density at radius 3 is 3.10 bits per heavy atom. The molecule has 2 atom stereocenters. The van der Waals surface area contributed by atoms with Crippen LogP contribution in [0.2, 0.25) is 0 Å². The fraction of sp³-hybridized carbons (Fsp3) is 0.357. The van der Waals surface area contributed by atoms with Gasteiger partial charge >= 0.3 is 6.03 Å². The second kappa shape index (κ2) is 4.47. The Morgan fingerprint density at radius 1 is 1.67 bits per heavy atom. The summed E-state index contributed by atoms with van der Waals surface area (Å²) in [4.78, 5) is 24.2. The van der Waals surface area contributed by atoms with E-state index in [0.29, 0.717) is 24.3 Å². The number of rotatable bonds is 3. The van der Waals surface area contributed by atoms with Crippen molar-refractivity contribution in [3.8, 4) is 5.75 Å². The van der Waals surface area contributed by atoms with E-state index in [2.05, 4.69) is 11.9 Å². The largest absolute Gasteiger partial charge is 0.468 e. The van der Waals surface area contributed by atoms with Crippen LogP contribution < -0.4 is 10.1 Å². The van der Waals surface area contributed by atoms with E-state index in [-0.39, 0.29) is 17.8 Å². The van der Waals surface area contributed by atoms with E-state index in [9.17, 15) is 14.9 Å². The molecule has 7 heteroatoms. The minimum Gasteiger partial charge on any atom is -0.468 e. The Hall–Kier alpha value is -2.57. The summed E-state index contributed by atoms with van der Waals surface area (Å²) in [6, 6.07) is 3.91. The van der Waals surface area contributed by atoms with Crippen LogP contribution in [0.25, 0.3) is 0 Å². The van der Waals surface area contributed by atoms with Crippen molar-refractivity contribution in [3.05, 3.63) is 46.5 Å². The number of nitro groups is 1. The van der Waals surface area contributed by atoms with Crippen LogP contribution in [0.3, 0.4) is 0 Å². The van der Waals surface area contributed by atoms with Crippen LogP contribution in [0.4, 0.5) is 10.5 Å². The third kappa shape index (κ3) is 2.01. The van der Waals surface area contributed by atoms with E-state index >= 15 is 0 Å². The number of hydrogen-bond donors (Lipinski definition) is 1. The highest BCUT2D eigenvalue weighted by Crippen LogP contribution is 2.44. The van der Waals surface area contributed by atoms with E-state index in [1.807, 2.05) is 6.92 Å². The standard InChI is InChI=1S/C14H15N3O4/c1-3-6-16-13(18)15-11-8-14(16,2)21-12-5-4-9(17(19)20)7-10(11)12/h3-5,7,11H,1,6,8H2,2H3,(H,15,18). The Kier molecular flexibility index (Phi) is 2.86. The molecule has 2 aliphatic rings. The van der Waals surface area contributed by atoms with Gasteiger partial charge in [0.25, 0.3) is 5.69 Å². The molecule has 3 rings (SSSR count). The van der Waals surface area contributed by atoms with Gasteiger partial charge in [-0.3, -0.25) is 15.0 Å². The lowest BCUT2D eigenvalue weighted by atomic mass is 9.90. The Balaban J connectivity index is 2.04. The van der Waals surface area contributed by atoms with Gasteiger partial charge in [0.1, 0.15) is 5.75 Å². The Labute approximate surface area is 121 Å². The lowest BCUT2D eigenvalue weighted by Crippen LogP contribution is -2.64. The maximum Gasteiger partial charge on any atom is 0.321 e. The first-order valence-electron chi connectivity index (χ1n) is 6.61. The molecule has 1 fully saturated rings. The molecule has 0 aliphatic carbocycles. The van der Waals surface area contributed by atoms with E-state index in [4.69, 9.17) is 4.74 Å². The highest BCUT2D eigenvalue weighted by Gasteiger charge is 2.48. The average Bonchev–Trinajstić information content (AvgIpc) is 2.42. The second-order valence-corrected chi connectivity index (χ2v) is 5.36. The van der Waals surface area contributed by atoms with Gasteiger partial charge in [-0.05, 0) is 13.0 Å².